The minimum Gasteiger partial charge on any atom is -0.490 e. The fourth-order valence-electron chi connectivity index (χ4n) is 2.74. The number of hydrogen-bond acceptors (Lipinski definition) is 3. The molecule has 0 aliphatic carbocycles. The average Bonchev–Trinajstić information content (AvgIpc) is 2.71. The van der Waals surface area contributed by atoms with Crippen molar-refractivity contribution in [3.63, 3.8) is 0 Å². The van der Waals surface area contributed by atoms with E-state index >= 15 is 0 Å². The van der Waals surface area contributed by atoms with Gasteiger partial charge in [-0.15, -0.1) is 0 Å². The smallest absolute Gasteiger partial charge is 0.122 e. The van der Waals surface area contributed by atoms with E-state index in [1.165, 1.54) is 5.56 Å². The standard InChI is InChI=1S/C23H24ClNO2/c24-23-14-5-4-8-19(23)9-7-15-25-20-10-6-13-22(18-20)27-17-16-26-21-11-2-1-3-12-21/h1-6,8,10-14,18,25H,7,9,15-17H2. The molecule has 1 N–H and O–H groups in total. The lowest BCUT2D eigenvalue weighted by atomic mass is 10.1. The Morgan fingerprint density at radius 2 is 1.44 bits per heavy atom. The normalized spacial score (nSPS) is 10.4. The molecule has 0 aromatic heterocycles. The summed E-state index contributed by atoms with van der Waals surface area (Å²) in [4.78, 5) is 0. The maximum absolute atomic E-state index is 6.19. The molecule has 0 radical (unpaired) electrons. The van der Waals surface area contributed by atoms with E-state index in [0.717, 1.165) is 41.6 Å². The Hall–Kier alpha value is -2.65. The molecule has 0 bridgehead atoms. The number of para-hydroxylation sites is 1. The van der Waals surface area contributed by atoms with Crippen LogP contribution in [0.2, 0.25) is 5.02 Å². The van der Waals surface area contributed by atoms with Crippen molar-refractivity contribution in [2.75, 3.05) is 25.1 Å². The van der Waals surface area contributed by atoms with Crippen molar-refractivity contribution in [1.29, 1.82) is 0 Å². The van der Waals surface area contributed by atoms with Crippen LogP contribution in [-0.2, 0) is 6.42 Å². The van der Waals surface area contributed by atoms with Gasteiger partial charge in [0.1, 0.15) is 24.7 Å². The topological polar surface area (TPSA) is 30.5 Å². The molecule has 0 spiro atoms. The number of hydrogen-bond donors (Lipinski definition) is 1. The summed E-state index contributed by atoms with van der Waals surface area (Å²) < 4.78 is 11.4. The van der Waals surface area contributed by atoms with Crippen LogP contribution in [0.15, 0.2) is 78.9 Å². The fraction of sp³-hybridized carbons (Fsp3) is 0.217. The van der Waals surface area contributed by atoms with E-state index in [9.17, 15) is 0 Å². The van der Waals surface area contributed by atoms with Crippen molar-refractivity contribution in [2.45, 2.75) is 12.8 Å². The van der Waals surface area contributed by atoms with Crippen molar-refractivity contribution in [3.05, 3.63) is 89.4 Å². The second kappa shape index (κ2) is 10.5. The van der Waals surface area contributed by atoms with Crippen LogP contribution in [0, 0.1) is 0 Å². The SMILES string of the molecule is Clc1ccccc1CCCNc1cccc(OCCOc2ccccc2)c1. The first-order valence-electron chi connectivity index (χ1n) is 9.19. The van der Waals surface area contributed by atoms with Crippen LogP contribution in [0.4, 0.5) is 5.69 Å². The van der Waals surface area contributed by atoms with Crippen LogP contribution in [-0.4, -0.2) is 19.8 Å². The van der Waals surface area contributed by atoms with E-state index in [1.807, 2.05) is 72.8 Å². The zero-order chi connectivity index (χ0) is 18.7. The van der Waals surface area contributed by atoms with Crippen molar-refractivity contribution >= 4 is 17.3 Å². The van der Waals surface area contributed by atoms with Crippen molar-refractivity contribution in [1.82, 2.24) is 0 Å². The first kappa shape index (κ1) is 19.1. The van der Waals surface area contributed by atoms with Gasteiger partial charge in [0.15, 0.2) is 0 Å². The molecule has 0 aliphatic rings. The maximum Gasteiger partial charge on any atom is 0.122 e. The number of rotatable bonds is 10. The molecule has 3 rings (SSSR count). The van der Waals surface area contributed by atoms with Crippen LogP contribution in [0.25, 0.3) is 0 Å². The first-order valence-corrected chi connectivity index (χ1v) is 9.57. The summed E-state index contributed by atoms with van der Waals surface area (Å²) in [6.07, 6.45) is 1.97. The lowest BCUT2D eigenvalue weighted by Gasteiger charge is -2.11. The van der Waals surface area contributed by atoms with Gasteiger partial charge in [0, 0.05) is 23.3 Å². The summed E-state index contributed by atoms with van der Waals surface area (Å²) in [5.74, 6) is 1.69. The van der Waals surface area contributed by atoms with Crippen molar-refractivity contribution in [3.8, 4) is 11.5 Å². The molecule has 0 unspecified atom stereocenters. The highest BCUT2D eigenvalue weighted by atomic mass is 35.5. The van der Waals surface area contributed by atoms with Gasteiger partial charge in [-0.2, -0.15) is 0 Å². The highest BCUT2D eigenvalue weighted by molar-refractivity contribution is 6.31. The molecule has 0 atom stereocenters. The third-order valence-corrected chi connectivity index (χ3v) is 4.48. The van der Waals surface area contributed by atoms with Crippen LogP contribution in [0.3, 0.4) is 0 Å². The van der Waals surface area contributed by atoms with Gasteiger partial charge < -0.3 is 14.8 Å². The van der Waals surface area contributed by atoms with Crippen LogP contribution < -0.4 is 14.8 Å². The van der Waals surface area contributed by atoms with E-state index in [1.54, 1.807) is 0 Å². The number of nitrogens with one attached hydrogen (secondary N) is 1. The highest BCUT2D eigenvalue weighted by Crippen LogP contribution is 2.19. The quantitative estimate of drug-likeness (QED) is 0.447. The molecule has 27 heavy (non-hydrogen) atoms. The van der Waals surface area contributed by atoms with Crippen molar-refractivity contribution < 1.29 is 9.47 Å². The van der Waals surface area contributed by atoms with Crippen LogP contribution in [0.5, 0.6) is 11.5 Å². The van der Waals surface area contributed by atoms with E-state index in [4.69, 9.17) is 21.1 Å². The molecule has 0 aliphatic heterocycles. The molecular formula is C23H24ClNO2. The molecule has 3 aromatic rings. The first-order chi connectivity index (χ1) is 13.3. The van der Waals surface area contributed by atoms with E-state index in [-0.39, 0.29) is 0 Å². The Balaban J connectivity index is 1.37. The third-order valence-electron chi connectivity index (χ3n) is 4.11. The summed E-state index contributed by atoms with van der Waals surface area (Å²) in [5, 5.41) is 4.28. The van der Waals surface area contributed by atoms with Gasteiger partial charge in [-0.05, 0) is 48.7 Å². The minimum absolute atomic E-state index is 0.505. The van der Waals surface area contributed by atoms with Gasteiger partial charge in [-0.1, -0.05) is 54.1 Å². The zero-order valence-electron chi connectivity index (χ0n) is 15.2. The van der Waals surface area contributed by atoms with Crippen LogP contribution >= 0.6 is 11.6 Å². The molecule has 0 saturated carbocycles. The number of anilines is 1. The largest absolute Gasteiger partial charge is 0.490 e. The van der Waals surface area contributed by atoms with E-state index < -0.39 is 0 Å². The zero-order valence-corrected chi connectivity index (χ0v) is 16.0. The van der Waals surface area contributed by atoms with Gasteiger partial charge >= 0.3 is 0 Å². The Morgan fingerprint density at radius 3 is 2.26 bits per heavy atom. The molecule has 4 heteroatoms. The average molecular weight is 382 g/mol. The summed E-state index contributed by atoms with van der Waals surface area (Å²) in [7, 11) is 0. The number of halogens is 1. The molecular weight excluding hydrogens is 358 g/mol. The summed E-state index contributed by atoms with van der Waals surface area (Å²) in [5.41, 5.74) is 2.24. The molecule has 0 amide bonds. The molecule has 3 aromatic carbocycles. The van der Waals surface area contributed by atoms with E-state index in [0.29, 0.717) is 13.2 Å². The lowest BCUT2D eigenvalue weighted by Crippen LogP contribution is -2.09. The maximum atomic E-state index is 6.19. The molecule has 3 nitrogen and oxygen atoms in total. The predicted molar refractivity (Wildman–Crippen MR) is 112 cm³/mol. The van der Waals surface area contributed by atoms with Gasteiger partial charge in [-0.25, -0.2) is 0 Å². The summed E-state index contributed by atoms with van der Waals surface area (Å²) in [6.45, 7) is 1.90. The highest BCUT2D eigenvalue weighted by Gasteiger charge is 2.00. The number of aryl methyl sites for hydroxylation is 1. The monoisotopic (exact) mass is 381 g/mol. The number of ether oxygens (including phenoxy) is 2. The second-order valence-corrected chi connectivity index (χ2v) is 6.57. The second-order valence-electron chi connectivity index (χ2n) is 6.16. The third kappa shape index (κ3) is 6.54. The Morgan fingerprint density at radius 1 is 0.741 bits per heavy atom. The van der Waals surface area contributed by atoms with E-state index in [2.05, 4.69) is 11.4 Å². The Labute approximate surface area is 165 Å². The summed E-state index contributed by atoms with van der Waals surface area (Å²) >= 11 is 6.19. The number of benzene rings is 3. The molecule has 0 fully saturated rings. The predicted octanol–water partition coefficient (Wildman–Crippen LogP) is 5.84. The van der Waals surface area contributed by atoms with Gasteiger partial charge in [0.2, 0.25) is 0 Å². The molecule has 0 heterocycles. The molecule has 0 saturated heterocycles. The summed E-state index contributed by atoms with van der Waals surface area (Å²) in [6, 6.07) is 25.8. The fourth-order valence-corrected chi connectivity index (χ4v) is 2.97. The van der Waals surface area contributed by atoms with Gasteiger partial charge in [0.25, 0.3) is 0 Å². The molecule has 140 valence electrons. The van der Waals surface area contributed by atoms with Crippen molar-refractivity contribution in [2.24, 2.45) is 0 Å². The Kier molecular flexibility index (Phi) is 7.43. The van der Waals surface area contributed by atoms with Crippen LogP contribution in [0.1, 0.15) is 12.0 Å². The lowest BCUT2D eigenvalue weighted by molar-refractivity contribution is 0.217. The Bertz CT molecular complexity index is 823. The van der Waals surface area contributed by atoms with Gasteiger partial charge in [0.05, 0.1) is 0 Å². The minimum atomic E-state index is 0.505. The van der Waals surface area contributed by atoms with Gasteiger partial charge in [-0.3, -0.25) is 0 Å².